The number of hydrogen-bond acceptors (Lipinski definition) is 8. The average molecular weight is 482 g/mol. The monoisotopic (exact) mass is 481 g/mol. The number of piperidine rings is 2. The molecule has 1 aromatic carbocycles. The summed E-state index contributed by atoms with van der Waals surface area (Å²) in [6.45, 7) is 2.98. The molecule has 2 N–H and O–H groups in total. The largest absolute Gasteiger partial charge is 0.367 e. The van der Waals surface area contributed by atoms with Gasteiger partial charge in [-0.3, -0.25) is 0 Å². The molecular formula is C24H29F2N9. The Morgan fingerprint density at radius 2 is 1.89 bits per heavy atom. The van der Waals surface area contributed by atoms with Crippen LogP contribution in [0.25, 0.3) is 5.69 Å². The molecule has 35 heavy (non-hydrogen) atoms. The normalized spacial score (nSPS) is 22.6. The van der Waals surface area contributed by atoms with Crippen LogP contribution in [0, 0.1) is 17.6 Å². The Bertz CT molecular complexity index is 1190. The number of nitrogens with one attached hydrogen (secondary N) is 2. The fourth-order valence-electron chi connectivity index (χ4n) is 5.43. The highest BCUT2D eigenvalue weighted by Gasteiger charge is 2.33. The fourth-order valence-corrected chi connectivity index (χ4v) is 5.43. The highest BCUT2D eigenvalue weighted by molar-refractivity contribution is 5.59. The maximum atomic E-state index is 14.6. The van der Waals surface area contributed by atoms with Crippen molar-refractivity contribution in [2.45, 2.75) is 56.9 Å². The predicted octanol–water partition coefficient (Wildman–Crippen LogP) is 4.03. The highest BCUT2D eigenvalue weighted by Crippen LogP contribution is 2.39. The van der Waals surface area contributed by atoms with E-state index in [0.29, 0.717) is 30.1 Å². The van der Waals surface area contributed by atoms with Gasteiger partial charge in [0.2, 0.25) is 5.95 Å². The van der Waals surface area contributed by atoms with Crippen molar-refractivity contribution in [1.82, 2.24) is 35.1 Å². The quantitative estimate of drug-likeness (QED) is 0.522. The van der Waals surface area contributed by atoms with Crippen molar-refractivity contribution in [3.05, 3.63) is 41.9 Å². The van der Waals surface area contributed by atoms with Crippen molar-refractivity contribution >= 4 is 17.5 Å². The number of hydrogen-bond donors (Lipinski definition) is 2. The van der Waals surface area contributed by atoms with Crippen LogP contribution in [-0.4, -0.2) is 60.8 Å². The van der Waals surface area contributed by atoms with Gasteiger partial charge in [-0.1, -0.05) is 6.42 Å². The van der Waals surface area contributed by atoms with Gasteiger partial charge in [0.15, 0.2) is 17.5 Å². The van der Waals surface area contributed by atoms with Crippen molar-refractivity contribution < 1.29 is 8.78 Å². The minimum atomic E-state index is -0.524. The number of aromatic nitrogens is 6. The molecule has 0 spiro atoms. The van der Waals surface area contributed by atoms with Crippen LogP contribution in [-0.2, 0) is 0 Å². The van der Waals surface area contributed by atoms with Gasteiger partial charge in [0, 0.05) is 18.5 Å². The molecule has 1 aliphatic carbocycles. The second kappa shape index (κ2) is 9.44. The zero-order valence-electron chi connectivity index (χ0n) is 19.5. The lowest BCUT2D eigenvalue weighted by atomic mass is 9.83. The van der Waals surface area contributed by atoms with Gasteiger partial charge >= 0.3 is 0 Å². The van der Waals surface area contributed by atoms with Gasteiger partial charge in [0.25, 0.3) is 0 Å². The number of benzene rings is 1. The molecule has 4 heterocycles. The molecule has 184 valence electrons. The van der Waals surface area contributed by atoms with Gasteiger partial charge in [0.1, 0.15) is 5.82 Å². The van der Waals surface area contributed by atoms with Crippen LogP contribution in [0.3, 0.4) is 0 Å². The Kier molecular flexibility index (Phi) is 6.01. The lowest BCUT2D eigenvalue weighted by Gasteiger charge is -2.44. The van der Waals surface area contributed by atoms with Crippen LogP contribution >= 0.6 is 0 Å². The maximum Gasteiger partial charge on any atom is 0.229 e. The molecule has 3 aromatic rings. The van der Waals surface area contributed by atoms with Crippen molar-refractivity contribution in [2.24, 2.45) is 5.92 Å². The molecule has 11 heteroatoms. The Balaban J connectivity index is 1.18. The van der Waals surface area contributed by atoms with Crippen molar-refractivity contribution in [1.29, 1.82) is 0 Å². The summed E-state index contributed by atoms with van der Waals surface area (Å²) in [5.41, 5.74) is 0.804. The summed E-state index contributed by atoms with van der Waals surface area (Å²) in [5, 5.41) is 18.0. The summed E-state index contributed by atoms with van der Waals surface area (Å²) in [6, 6.07) is 5.13. The Morgan fingerprint density at radius 3 is 2.77 bits per heavy atom. The number of fused-ring (bicyclic) bond motifs is 1. The lowest BCUT2D eigenvalue weighted by Crippen LogP contribution is -2.49. The molecule has 3 fully saturated rings. The van der Waals surface area contributed by atoms with E-state index >= 15 is 0 Å². The van der Waals surface area contributed by atoms with Gasteiger partial charge < -0.3 is 15.5 Å². The highest BCUT2D eigenvalue weighted by atomic mass is 19.1. The molecule has 2 saturated heterocycles. The van der Waals surface area contributed by atoms with Crippen LogP contribution in [0.2, 0.25) is 0 Å². The van der Waals surface area contributed by atoms with E-state index in [1.807, 2.05) is 0 Å². The van der Waals surface area contributed by atoms with Gasteiger partial charge in [-0.05, 0) is 86.2 Å². The molecule has 1 saturated carbocycles. The number of halogens is 2. The summed E-state index contributed by atoms with van der Waals surface area (Å²) in [4.78, 5) is 10.9. The molecule has 2 aromatic heterocycles. The van der Waals surface area contributed by atoms with E-state index in [1.165, 1.54) is 31.7 Å². The molecule has 2 aliphatic heterocycles. The van der Waals surface area contributed by atoms with E-state index in [9.17, 15) is 8.78 Å². The Hall–Kier alpha value is -3.21. The number of nitrogens with zero attached hydrogens (tertiary/aromatic N) is 7. The molecule has 2 unspecified atom stereocenters. The molecule has 6 rings (SSSR count). The standard InChI is InChI=1S/C24H29F2N9/c25-18-9-8-17(35-23(15-6-7-15)31-32-33-35)12-20(18)29-24-28-14-19(26)22(30-24)27-13-16-4-3-11-34-10-2-1-5-21(16)34/h8-9,12,14-16,21H,1-7,10-11,13H2,(H2,27,28,29,30). The first kappa shape index (κ1) is 22.3. The molecule has 2 atom stereocenters. The average Bonchev–Trinajstić information content (AvgIpc) is 3.61. The number of rotatable bonds is 7. The summed E-state index contributed by atoms with van der Waals surface area (Å²) >= 11 is 0. The first-order chi connectivity index (χ1) is 17.2. The van der Waals surface area contributed by atoms with E-state index in [4.69, 9.17) is 0 Å². The molecule has 9 nitrogen and oxygen atoms in total. The Morgan fingerprint density at radius 1 is 1.00 bits per heavy atom. The van der Waals surface area contributed by atoms with Gasteiger partial charge in [-0.25, -0.2) is 13.8 Å². The van der Waals surface area contributed by atoms with Crippen LogP contribution in [0.4, 0.5) is 26.2 Å². The predicted molar refractivity (Wildman–Crippen MR) is 127 cm³/mol. The van der Waals surface area contributed by atoms with Gasteiger partial charge in [0.05, 0.1) is 17.6 Å². The second-order valence-corrected chi connectivity index (χ2v) is 9.78. The number of anilines is 3. The molecular weight excluding hydrogens is 452 g/mol. The van der Waals surface area contributed by atoms with Crippen LogP contribution in [0.5, 0.6) is 0 Å². The lowest BCUT2D eigenvalue weighted by molar-refractivity contribution is 0.0648. The molecule has 3 aliphatic rings. The summed E-state index contributed by atoms with van der Waals surface area (Å²) in [7, 11) is 0. The molecule has 0 amide bonds. The van der Waals surface area contributed by atoms with Crippen LogP contribution < -0.4 is 10.6 Å². The van der Waals surface area contributed by atoms with Gasteiger partial charge in [-0.15, -0.1) is 5.10 Å². The summed E-state index contributed by atoms with van der Waals surface area (Å²) in [5.74, 6) is 0.814. The van der Waals surface area contributed by atoms with Crippen molar-refractivity contribution in [2.75, 3.05) is 30.3 Å². The third-order valence-electron chi connectivity index (χ3n) is 7.38. The minimum Gasteiger partial charge on any atom is -0.367 e. The number of tetrazole rings is 1. The maximum absolute atomic E-state index is 14.6. The van der Waals surface area contributed by atoms with Crippen molar-refractivity contribution in [3.63, 3.8) is 0 Å². The SMILES string of the molecule is Fc1ccc(-n2nnnc2C2CC2)cc1Nc1ncc(F)c(NCC2CCCN3CCCCC23)n1. The van der Waals surface area contributed by atoms with E-state index in [0.717, 1.165) is 44.4 Å². The minimum absolute atomic E-state index is 0.118. The third kappa shape index (κ3) is 4.69. The molecule has 0 bridgehead atoms. The van der Waals surface area contributed by atoms with E-state index in [-0.39, 0.29) is 17.5 Å². The Labute approximate surface area is 202 Å². The summed E-state index contributed by atoms with van der Waals surface area (Å²) < 4.78 is 30.8. The van der Waals surface area contributed by atoms with Crippen LogP contribution in [0.1, 0.15) is 56.7 Å². The van der Waals surface area contributed by atoms with E-state index in [2.05, 4.69) is 41.0 Å². The molecule has 0 radical (unpaired) electrons. The van der Waals surface area contributed by atoms with Gasteiger partial charge in [-0.2, -0.15) is 9.67 Å². The topological polar surface area (TPSA) is 96.7 Å². The first-order valence-corrected chi connectivity index (χ1v) is 12.5. The zero-order chi connectivity index (χ0) is 23.8. The second-order valence-electron chi connectivity index (χ2n) is 9.78. The zero-order valence-corrected chi connectivity index (χ0v) is 19.5. The van der Waals surface area contributed by atoms with E-state index < -0.39 is 11.6 Å². The van der Waals surface area contributed by atoms with E-state index in [1.54, 1.807) is 16.8 Å². The smallest absolute Gasteiger partial charge is 0.229 e. The third-order valence-corrected chi connectivity index (χ3v) is 7.38. The fraction of sp³-hybridized carbons (Fsp3) is 0.542. The summed E-state index contributed by atoms with van der Waals surface area (Å²) in [6.07, 6.45) is 9.22. The first-order valence-electron chi connectivity index (χ1n) is 12.5. The van der Waals surface area contributed by atoms with Crippen LogP contribution in [0.15, 0.2) is 24.4 Å². The van der Waals surface area contributed by atoms with Crippen molar-refractivity contribution in [3.8, 4) is 5.69 Å².